The fourth-order valence-electron chi connectivity index (χ4n) is 11.8. The molecular weight excluding hydrogens is 1660 g/mol. The van der Waals surface area contributed by atoms with Gasteiger partial charge in [0.1, 0.15) is 23.3 Å². The summed E-state index contributed by atoms with van der Waals surface area (Å²) in [5.74, 6) is -19.7. The van der Waals surface area contributed by atoms with Gasteiger partial charge < -0.3 is 0 Å². The average Bonchev–Trinajstić information content (AvgIpc) is 0.805. The average molecular weight is 1770 g/mol. The molecule has 678 valence electrons. The molecule has 1 nitrogen and oxygen atoms in total. The summed E-state index contributed by atoms with van der Waals surface area (Å²) < 4.78 is 251. The van der Waals surface area contributed by atoms with Crippen LogP contribution < -0.4 is 0 Å². The quantitative estimate of drug-likeness (QED) is 0.0675. The van der Waals surface area contributed by atoms with E-state index in [0.29, 0.717) is 48.4 Å². The Morgan fingerprint density at radius 1 is 0.230 bits per heavy atom. The summed E-state index contributed by atoms with van der Waals surface area (Å²) in [7, 11) is 0. The van der Waals surface area contributed by atoms with Crippen LogP contribution in [0.4, 0.5) is 87.8 Å². The van der Waals surface area contributed by atoms with Crippen LogP contribution in [-0.4, -0.2) is 4.98 Å². The number of nitrogens with zero attached hydrogens (tertiary/aromatic N) is 1. The van der Waals surface area contributed by atoms with Crippen molar-refractivity contribution >= 4 is 10.8 Å². The van der Waals surface area contributed by atoms with Crippen LogP contribution in [0.25, 0.3) is 10.8 Å². The van der Waals surface area contributed by atoms with Gasteiger partial charge in [0.25, 0.3) is 0 Å². The number of halogens is 20. The van der Waals surface area contributed by atoms with E-state index in [9.17, 15) is 87.8 Å². The standard InChI is InChI=1S/C12H12.4C9H9F3.2C9H12.C8H5F5.3C8H9F.C7H9N/c1-2-10-7-8-11-5-3-4-6-12(11)9-10;1-3-6-5(2)7(10)4-8(11)9(6)12;1-3-6-4-7(10)9(12)8(11)5(6)2;1-3-6-5(2)4-7(10)9(12)8(6)11;1-2-7-5-3-4-6-8(7)9(10,11)12;1-3-9-6-4-5-8(2)7-9;1-3-9-7-5-4-6-8(9)2;1-2-3-4(9)6(11)8(13)7(12)5(3)10;1-2-7-3-5-8(9)6-4-7;1-2-7-4-3-5-8(9)6-7;1-2-7-5-3-4-6-8(7)9;1-2-7-3-5-8-6-4-7/h3-9H,2H2,1H3;3*4H,3H2,1-2H3;3-6H,2H2,1H3;2*4-7H,3H2,1-2H3;2H2,1H3;3*3-6H,2H2,1H3;3-6H,2H2,1H3. The molecule has 0 radical (unpaired) electrons. The Labute approximate surface area is 730 Å². The third kappa shape index (κ3) is 37.4. The van der Waals surface area contributed by atoms with E-state index in [1.165, 1.54) is 107 Å². The highest BCUT2D eigenvalue weighted by atomic mass is 19.4. The molecule has 0 bridgehead atoms. The Bertz CT molecular complexity index is 5230. The Morgan fingerprint density at radius 3 is 1.10 bits per heavy atom. The van der Waals surface area contributed by atoms with Crippen molar-refractivity contribution in [1.82, 2.24) is 4.98 Å². The highest BCUT2D eigenvalue weighted by Gasteiger charge is 2.32. The van der Waals surface area contributed by atoms with Crippen LogP contribution in [0, 0.1) is 134 Å². The van der Waals surface area contributed by atoms with E-state index in [1.807, 2.05) is 57.4 Å². The summed E-state index contributed by atoms with van der Waals surface area (Å²) in [6.07, 6.45) is 7.90. The Kier molecular flexibility index (Phi) is 51.6. The first kappa shape index (κ1) is 111. The van der Waals surface area contributed by atoms with Gasteiger partial charge in [-0.3, -0.25) is 4.98 Å². The number of fused-ring (bicyclic) bond motifs is 1. The summed E-state index contributed by atoms with van der Waals surface area (Å²) in [6.45, 7) is 31.5. The summed E-state index contributed by atoms with van der Waals surface area (Å²) in [4.78, 5) is 3.89. The topological polar surface area (TPSA) is 12.9 Å². The molecule has 0 fully saturated rings. The van der Waals surface area contributed by atoms with Crippen molar-refractivity contribution in [2.45, 2.75) is 201 Å². The first-order chi connectivity index (χ1) is 59.8. The monoisotopic (exact) mass is 1770 g/mol. The SMILES string of the molecule is CCc1c(C)c(F)cc(F)c1F.CCc1c(C)cc(F)c(F)c1F.CCc1c(F)c(F)c(F)c(F)c1F.CCc1cc(F)c(F)c(F)c1C.CCc1ccc(F)cc1.CCc1ccc2ccccc2c1.CCc1cccc(C)c1.CCc1cccc(F)c1.CCc1ccccc1C.CCc1ccccc1C(F)(F)F.CCc1ccccc1F.CCc1ccncc1. The minimum absolute atomic E-state index is 0.0972. The third-order valence-electron chi connectivity index (χ3n) is 19.5. The molecule has 13 aromatic rings. The minimum atomic E-state index is -4.22. The van der Waals surface area contributed by atoms with Gasteiger partial charge in [0.2, 0.25) is 5.82 Å². The number of aryl methyl sites for hydroxylation is 12. The number of alkyl halides is 3. The second-order valence-electron chi connectivity index (χ2n) is 28.1. The molecule has 0 N–H and O–H groups in total. The maximum atomic E-state index is 12.9. The van der Waals surface area contributed by atoms with Gasteiger partial charge in [-0.2, -0.15) is 13.2 Å². The third-order valence-corrected chi connectivity index (χ3v) is 19.5. The molecule has 0 saturated carbocycles. The van der Waals surface area contributed by atoms with Gasteiger partial charge in [0.15, 0.2) is 69.8 Å². The van der Waals surface area contributed by atoms with E-state index in [0.717, 1.165) is 74.3 Å². The summed E-state index contributed by atoms with van der Waals surface area (Å²) in [6, 6.07) is 64.6. The largest absolute Gasteiger partial charge is 0.416 e. The van der Waals surface area contributed by atoms with Gasteiger partial charge >= 0.3 is 6.18 Å². The fraction of sp³-hybridized carbons (Fsp3) is 0.286. The lowest BCUT2D eigenvalue weighted by molar-refractivity contribution is -0.138. The van der Waals surface area contributed by atoms with Crippen molar-refractivity contribution in [1.29, 1.82) is 0 Å². The maximum absolute atomic E-state index is 12.9. The number of pyridine rings is 1. The molecule has 126 heavy (non-hydrogen) atoms. The number of benzene rings is 12. The zero-order valence-corrected chi connectivity index (χ0v) is 74.4. The Hall–Kier alpha value is -11.4. The van der Waals surface area contributed by atoms with Crippen LogP contribution in [0.5, 0.6) is 0 Å². The van der Waals surface area contributed by atoms with Gasteiger partial charge in [-0.25, -0.2) is 74.6 Å². The van der Waals surface area contributed by atoms with E-state index in [-0.39, 0.29) is 46.1 Å². The van der Waals surface area contributed by atoms with E-state index >= 15 is 0 Å². The van der Waals surface area contributed by atoms with Gasteiger partial charge in [-0.15, -0.1) is 0 Å². The Morgan fingerprint density at radius 2 is 0.651 bits per heavy atom. The minimum Gasteiger partial charge on any atom is -0.265 e. The van der Waals surface area contributed by atoms with Crippen LogP contribution in [0.1, 0.15) is 183 Å². The molecule has 13 rings (SSSR count). The molecule has 0 unspecified atom stereocenters. The highest BCUT2D eigenvalue weighted by Crippen LogP contribution is 2.32. The van der Waals surface area contributed by atoms with Crippen molar-refractivity contribution in [3.8, 4) is 0 Å². The second kappa shape index (κ2) is 58.8. The summed E-state index contributed by atoms with van der Waals surface area (Å²) in [5.41, 5.74) is 12.2. The molecule has 0 saturated heterocycles. The molecule has 0 atom stereocenters. The molecule has 21 heteroatoms. The predicted molar refractivity (Wildman–Crippen MR) is 473 cm³/mol. The molecule has 0 aliphatic rings. The highest BCUT2D eigenvalue weighted by molar-refractivity contribution is 5.83. The molecule has 0 amide bonds. The van der Waals surface area contributed by atoms with Crippen LogP contribution in [0.2, 0.25) is 0 Å². The number of aromatic nitrogens is 1. The molecule has 1 heterocycles. The zero-order valence-electron chi connectivity index (χ0n) is 74.4. The fourth-order valence-corrected chi connectivity index (χ4v) is 11.8. The first-order valence-corrected chi connectivity index (χ1v) is 41.5. The lowest BCUT2D eigenvalue weighted by atomic mass is 10.1. The number of rotatable bonds is 12. The smallest absolute Gasteiger partial charge is 0.265 e. The molecular formula is C105H113F20N. The lowest BCUT2D eigenvalue weighted by Gasteiger charge is -2.10. The maximum Gasteiger partial charge on any atom is 0.416 e. The first-order valence-electron chi connectivity index (χ1n) is 41.5. The zero-order chi connectivity index (χ0) is 94.9. The van der Waals surface area contributed by atoms with E-state index in [2.05, 4.69) is 138 Å². The Balaban J connectivity index is 0.000000467. The van der Waals surface area contributed by atoms with E-state index in [4.69, 9.17) is 0 Å². The summed E-state index contributed by atoms with van der Waals surface area (Å²) in [5, 5.41) is 2.67. The molecule has 0 spiro atoms. The van der Waals surface area contributed by atoms with E-state index in [1.54, 1.807) is 77.1 Å². The van der Waals surface area contributed by atoms with Crippen LogP contribution in [-0.2, 0) is 83.2 Å². The van der Waals surface area contributed by atoms with Gasteiger partial charge in [0.05, 0.1) is 5.56 Å². The molecule has 0 aliphatic carbocycles. The molecule has 0 aliphatic heterocycles. The van der Waals surface area contributed by atoms with Crippen molar-refractivity contribution in [2.24, 2.45) is 0 Å². The lowest BCUT2D eigenvalue weighted by Crippen LogP contribution is -2.08. The van der Waals surface area contributed by atoms with Gasteiger partial charge in [-0.05, 0) is 267 Å². The second-order valence-corrected chi connectivity index (χ2v) is 28.1. The van der Waals surface area contributed by atoms with E-state index < -0.39 is 98.7 Å². The van der Waals surface area contributed by atoms with Crippen LogP contribution in [0.3, 0.4) is 0 Å². The molecule has 1 aromatic heterocycles. The van der Waals surface area contributed by atoms with Crippen LogP contribution in [0.15, 0.2) is 231 Å². The van der Waals surface area contributed by atoms with Crippen LogP contribution >= 0.6 is 0 Å². The number of hydrogen-bond donors (Lipinski definition) is 0. The van der Waals surface area contributed by atoms with Gasteiger partial charge in [0, 0.05) is 24.0 Å². The van der Waals surface area contributed by atoms with Crippen molar-refractivity contribution in [3.05, 3.63) is 430 Å². The summed E-state index contributed by atoms with van der Waals surface area (Å²) >= 11 is 0. The van der Waals surface area contributed by atoms with Gasteiger partial charge in [-0.1, -0.05) is 240 Å². The predicted octanol–water partition coefficient (Wildman–Crippen LogP) is 32.5. The molecule has 12 aromatic carbocycles. The van der Waals surface area contributed by atoms with Crippen molar-refractivity contribution in [3.63, 3.8) is 0 Å². The van der Waals surface area contributed by atoms with Crippen molar-refractivity contribution < 1.29 is 87.8 Å². The van der Waals surface area contributed by atoms with Crippen molar-refractivity contribution in [2.75, 3.05) is 0 Å². The normalized spacial score (nSPS) is 10.2. The number of hydrogen-bond acceptors (Lipinski definition) is 1.